The zero-order valence-electron chi connectivity index (χ0n) is 8.43. The smallest absolute Gasteiger partial charge is 0.184 e. The van der Waals surface area contributed by atoms with Crippen LogP contribution < -0.4 is 15.9 Å². The monoisotopic (exact) mass is 223 g/mol. The summed E-state index contributed by atoms with van der Waals surface area (Å²) in [6, 6.07) is 7.59. The molecule has 0 radical (unpaired) electrons. The lowest BCUT2D eigenvalue weighted by Gasteiger charge is -2.05. The van der Waals surface area contributed by atoms with Crippen molar-refractivity contribution in [2.45, 2.75) is 6.92 Å². The SMILES string of the molecule is CCOc1ccccc1C=NNC(N)=S. The van der Waals surface area contributed by atoms with E-state index < -0.39 is 0 Å². The number of hydrogen-bond acceptors (Lipinski definition) is 3. The molecule has 4 nitrogen and oxygen atoms in total. The summed E-state index contributed by atoms with van der Waals surface area (Å²) in [5.74, 6) is 0.786. The van der Waals surface area contributed by atoms with E-state index in [9.17, 15) is 0 Å². The molecule has 5 heteroatoms. The minimum Gasteiger partial charge on any atom is -0.493 e. The molecular weight excluding hydrogens is 210 g/mol. The van der Waals surface area contributed by atoms with E-state index in [0.717, 1.165) is 11.3 Å². The highest BCUT2D eigenvalue weighted by atomic mass is 32.1. The first-order valence-electron chi connectivity index (χ1n) is 4.54. The molecule has 80 valence electrons. The van der Waals surface area contributed by atoms with Crippen molar-refractivity contribution >= 4 is 23.5 Å². The Kier molecular flexibility index (Phi) is 4.56. The largest absolute Gasteiger partial charge is 0.493 e. The van der Waals surface area contributed by atoms with Crippen LogP contribution in [0, 0.1) is 0 Å². The molecule has 0 unspecified atom stereocenters. The highest BCUT2D eigenvalue weighted by Crippen LogP contribution is 2.15. The summed E-state index contributed by atoms with van der Waals surface area (Å²) in [7, 11) is 0. The summed E-state index contributed by atoms with van der Waals surface area (Å²) in [5.41, 5.74) is 8.59. The fourth-order valence-corrected chi connectivity index (χ4v) is 1.09. The van der Waals surface area contributed by atoms with Gasteiger partial charge >= 0.3 is 0 Å². The highest BCUT2D eigenvalue weighted by molar-refractivity contribution is 7.80. The number of nitrogens with zero attached hydrogens (tertiary/aromatic N) is 1. The van der Waals surface area contributed by atoms with Gasteiger partial charge in [0.2, 0.25) is 0 Å². The number of hydrogen-bond donors (Lipinski definition) is 2. The van der Waals surface area contributed by atoms with Crippen LogP contribution in [0.3, 0.4) is 0 Å². The molecule has 1 rings (SSSR count). The Balaban J connectivity index is 2.74. The summed E-state index contributed by atoms with van der Waals surface area (Å²) in [5, 5.41) is 4.00. The zero-order chi connectivity index (χ0) is 11.1. The molecule has 3 N–H and O–H groups in total. The fraction of sp³-hybridized carbons (Fsp3) is 0.200. The number of thiocarbonyl (C=S) groups is 1. The number of nitrogens with one attached hydrogen (secondary N) is 1. The van der Waals surface area contributed by atoms with E-state index in [1.165, 1.54) is 0 Å². The number of nitrogens with two attached hydrogens (primary N) is 1. The van der Waals surface area contributed by atoms with E-state index in [4.69, 9.17) is 10.5 Å². The van der Waals surface area contributed by atoms with Crippen LogP contribution in [-0.2, 0) is 0 Å². The number of hydrazone groups is 1. The van der Waals surface area contributed by atoms with Crippen LogP contribution in [0.1, 0.15) is 12.5 Å². The highest BCUT2D eigenvalue weighted by Gasteiger charge is 1.98. The number of rotatable bonds is 4. The summed E-state index contributed by atoms with van der Waals surface area (Å²) < 4.78 is 5.41. The number of benzene rings is 1. The van der Waals surface area contributed by atoms with Crippen molar-refractivity contribution in [2.75, 3.05) is 6.61 Å². The van der Waals surface area contributed by atoms with Gasteiger partial charge < -0.3 is 10.5 Å². The second-order valence-electron chi connectivity index (χ2n) is 2.71. The zero-order valence-corrected chi connectivity index (χ0v) is 9.25. The van der Waals surface area contributed by atoms with E-state index in [2.05, 4.69) is 22.7 Å². The maximum atomic E-state index is 5.41. The van der Waals surface area contributed by atoms with Crippen molar-refractivity contribution in [3.8, 4) is 5.75 Å². The van der Waals surface area contributed by atoms with Crippen LogP contribution in [0.5, 0.6) is 5.75 Å². The Hall–Kier alpha value is -1.62. The molecule has 0 fully saturated rings. The molecule has 0 aliphatic rings. The van der Waals surface area contributed by atoms with Gasteiger partial charge in [-0.25, -0.2) is 0 Å². The molecule has 0 aliphatic carbocycles. The molecule has 0 aromatic heterocycles. The molecule has 0 heterocycles. The van der Waals surface area contributed by atoms with Crippen molar-refractivity contribution < 1.29 is 4.74 Å². The van der Waals surface area contributed by atoms with Gasteiger partial charge in [0.1, 0.15) is 5.75 Å². The average molecular weight is 223 g/mol. The first-order chi connectivity index (χ1) is 7.24. The lowest BCUT2D eigenvalue weighted by atomic mass is 10.2. The van der Waals surface area contributed by atoms with Crippen molar-refractivity contribution in [2.24, 2.45) is 10.8 Å². The van der Waals surface area contributed by atoms with E-state index in [1.54, 1.807) is 6.21 Å². The molecule has 0 atom stereocenters. The van der Waals surface area contributed by atoms with Crippen LogP contribution >= 0.6 is 12.2 Å². The van der Waals surface area contributed by atoms with Crippen molar-refractivity contribution in [3.63, 3.8) is 0 Å². The maximum absolute atomic E-state index is 5.41. The van der Waals surface area contributed by atoms with Gasteiger partial charge in [0.25, 0.3) is 0 Å². The van der Waals surface area contributed by atoms with Crippen LogP contribution in [-0.4, -0.2) is 17.9 Å². The Morgan fingerprint density at radius 1 is 1.60 bits per heavy atom. The predicted molar refractivity (Wildman–Crippen MR) is 65.1 cm³/mol. The van der Waals surface area contributed by atoms with E-state index in [-0.39, 0.29) is 5.11 Å². The molecule has 0 saturated carbocycles. The molecule has 1 aromatic rings. The van der Waals surface area contributed by atoms with Crippen LogP contribution in [0.4, 0.5) is 0 Å². The first kappa shape index (κ1) is 11.5. The van der Waals surface area contributed by atoms with Crippen molar-refractivity contribution in [3.05, 3.63) is 29.8 Å². The Bertz CT molecular complexity index is 365. The predicted octanol–water partition coefficient (Wildman–Crippen LogP) is 1.25. The summed E-state index contributed by atoms with van der Waals surface area (Å²) in [6.07, 6.45) is 1.62. The molecule has 0 saturated heterocycles. The standard InChI is InChI=1S/C10H13N3OS/c1-2-14-9-6-4-3-5-8(9)7-12-13-10(11)15/h3-7H,2H2,1H3,(H3,11,13,15). The van der Waals surface area contributed by atoms with Crippen molar-refractivity contribution in [1.29, 1.82) is 0 Å². The Morgan fingerprint density at radius 2 is 2.33 bits per heavy atom. The average Bonchev–Trinajstić information content (AvgIpc) is 2.20. The molecule has 15 heavy (non-hydrogen) atoms. The van der Waals surface area contributed by atoms with E-state index in [0.29, 0.717) is 6.61 Å². The first-order valence-corrected chi connectivity index (χ1v) is 4.95. The van der Waals surface area contributed by atoms with E-state index >= 15 is 0 Å². The quantitative estimate of drug-likeness (QED) is 0.458. The third-order valence-corrected chi connectivity index (χ3v) is 1.69. The van der Waals surface area contributed by atoms with Gasteiger partial charge in [-0.05, 0) is 31.3 Å². The van der Waals surface area contributed by atoms with Gasteiger partial charge in [0.15, 0.2) is 5.11 Å². The maximum Gasteiger partial charge on any atom is 0.184 e. The van der Waals surface area contributed by atoms with Gasteiger partial charge in [-0.1, -0.05) is 12.1 Å². The van der Waals surface area contributed by atoms with Crippen LogP contribution in [0.2, 0.25) is 0 Å². The van der Waals surface area contributed by atoms with Gasteiger partial charge in [-0.2, -0.15) is 5.10 Å². The third kappa shape index (κ3) is 3.95. The Labute approximate surface area is 94.1 Å². The van der Waals surface area contributed by atoms with E-state index in [1.807, 2.05) is 31.2 Å². The van der Waals surface area contributed by atoms with Gasteiger partial charge in [-0.15, -0.1) is 0 Å². The molecular formula is C10H13N3OS. The molecule has 0 aliphatic heterocycles. The molecule has 0 bridgehead atoms. The van der Waals surface area contributed by atoms with Gasteiger partial charge in [0.05, 0.1) is 12.8 Å². The minimum atomic E-state index is 0.139. The second kappa shape index (κ2) is 5.98. The van der Waals surface area contributed by atoms with Crippen LogP contribution in [0.15, 0.2) is 29.4 Å². The topological polar surface area (TPSA) is 59.6 Å². The molecule has 0 spiro atoms. The fourth-order valence-electron chi connectivity index (χ4n) is 1.04. The molecule has 1 aromatic carbocycles. The van der Waals surface area contributed by atoms with Gasteiger partial charge in [0, 0.05) is 5.56 Å². The summed E-state index contributed by atoms with van der Waals surface area (Å²) >= 11 is 4.62. The number of ether oxygens (including phenoxy) is 1. The summed E-state index contributed by atoms with van der Waals surface area (Å²) in [6.45, 7) is 2.55. The van der Waals surface area contributed by atoms with Gasteiger partial charge in [-0.3, -0.25) is 5.43 Å². The summed E-state index contributed by atoms with van der Waals surface area (Å²) in [4.78, 5) is 0. The normalized spacial score (nSPS) is 10.2. The lowest BCUT2D eigenvalue weighted by molar-refractivity contribution is 0.340. The lowest BCUT2D eigenvalue weighted by Crippen LogP contribution is -2.24. The third-order valence-electron chi connectivity index (χ3n) is 1.60. The Morgan fingerprint density at radius 3 is 3.00 bits per heavy atom. The van der Waals surface area contributed by atoms with Crippen LogP contribution in [0.25, 0.3) is 0 Å². The molecule has 0 amide bonds. The minimum absolute atomic E-state index is 0.139. The second-order valence-corrected chi connectivity index (χ2v) is 3.14. The number of para-hydroxylation sites is 1. The van der Waals surface area contributed by atoms with Crippen molar-refractivity contribution in [1.82, 2.24) is 5.43 Å².